The summed E-state index contributed by atoms with van der Waals surface area (Å²) in [4.78, 5) is 13.6. The predicted molar refractivity (Wildman–Crippen MR) is 101 cm³/mol. The van der Waals surface area contributed by atoms with Gasteiger partial charge in [0.15, 0.2) is 0 Å². The number of hydrogen-bond acceptors (Lipinski definition) is 4. The van der Waals surface area contributed by atoms with E-state index in [9.17, 15) is 13.2 Å². The van der Waals surface area contributed by atoms with Gasteiger partial charge in [-0.15, -0.1) is 0 Å². The van der Waals surface area contributed by atoms with Crippen molar-refractivity contribution in [2.75, 3.05) is 23.3 Å². The number of methoxy groups -OCH3 is 1. The number of anilines is 2. The summed E-state index contributed by atoms with van der Waals surface area (Å²) < 4.78 is 33.4. The summed E-state index contributed by atoms with van der Waals surface area (Å²) in [6.07, 6.45) is 1.40. The summed E-state index contributed by atoms with van der Waals surface area (Å²) >= 11 is 0. The molecular formula is C19H22N2O4S. The first-order valence-electron chi connectivity index (χ1n) is 8.40. The standard InChI is InChI=1S/C19H22N2O4S/c1-13-11-17(25-3)18(12-14(13)2)26(23,24)20-15-6-8-16(9-7-15)21-10-4-5-19(21)22/h6-9,11-12,20H,4-5,10H2,1-3H3. The van der Waals surface area contributed by atoms with Gasteiger partial charge in [-0.2, -0.15) is 0 Å². The Morgan fingerprint density at radius 2 is 1.73 bits per heavy atom. The number of ether oxygens (including phenoxy) is 1. The Kier molecular flexibility index (Phi) is 4.91. The molecule has 0 radical (unpaired) electrons. The summed E-state index contributed by atoms with van der Waals surface area (Å²) in [6, 6.07) is 10.1. The fourth-order valence-electron chi connectivity index (χ4n) is 2.97. The summed E-state index contributed by atoms with van der Waals surface area (Å²) in [5.74, 6) is 0.401. The molecule has 6 nitrogen and oxygen atoms in total. The molecule has 26 heavy (non-hydrogen) atoms. The van der Waals surface area contributed by atoms with Crippen molar-refractivity contribution in [2.24, 2.45) is 0 Å². The fraction of sp³-hybridized carbons (Fsp3) is 0.316. The highest BCUT2D eigenvalue weighted by Crippen LogP contribution is 2.30. The smallest absolute Gasteiger partial charge is 0.265 e. The molecule has 1 aliphatic rings. The second-order valence-corrected chi connectivity index (χ2v) is 8.04. The highest BCUT2D eigenvalue weighted by molar-refractivity contribution is 7.92. The molecule has 0 spiro atoms. The van der Waals surface area contributed by atoms with Crippen molar-refractivity contribution in [3.63, 3.8) is 0 Å². The largest absolute Gasteiger partial charge is 0.495 e. The molecular weight excluding hydrogens is 352 g/mol. The molecule has 1 fully saturated rings. The first kappa shape index (κ1) is 18.3. The van der Waals surface area contributed by atoms with Gasteiger partial charge in [0.25, 0.3) is 10.0 Å². The van der Waals surface area contributed by atoms with Crippen LogP contribution in [0.1, 0.15) is 24.0 Å². The number of nitrogens with zero attached hydrogens (tertiary/aromatic N) is 1. The van der Waals surface area contributed by atoms with Crippen LogP contribution in [0.5, 0.6) is 5.75 Å². The Morgan fingerprint density at radius 3 is 2.31 bits per heavy atom. The molecule has 1 amide bonds. The maximum atomic E-state index is 12.8. The predicted octanol–water partition coefficient (Wildman–Crippen LogP) is 3.24. The van der Waals surface area contributed by atoms with Gasteiger partial charge >= 0.3 is 0 Å². The monoisotopic (exact) mass is 374 g/mol. The lowest BCUT2D eigenvalue weighted by Crippen LogP contribution is -2.23. The normalized spacial score (nSPS) is 14.6. The van der Waals surface area contributed by atoms with Gasteiger partial charge in [0, 0.05) is 24.3 Å². The van der Waals surface area contributed by atoms with E-state index in [0.717, 1.165) is 23.2 Å². The molecule has 1 saturated heterocycles. The van der Waals surface area contributed by atoms with E-state index in [0.29, 0.717) is 24.4 Å². The molecule has 0 aliphatic carbocycles. The molecule has 3 rings (SSSR count). The van der Waals surface area contributed by atoms with Gasteiger partial charge in [-0.3, -0.25) is 9.52 Å². The zero-order valence-electron chi connectivity index (χ0n) is 15.1. The lowest BCUT2D eigenvalue weighted by atomic mass is 10.1. The van der Waals surface area contributed by atoms with E-state index in [4.69, 9.17) is 4.74 Å². The molecule has 1 heterocycles. The van der Waals surface area contributed by atoms with E-state index >= 15 is 0 Å². The maximum Gasteiger partial charge on any atom is 0.265 e. The summed E-state index contributed by atoms with van der Waals surface area (Å²) in [5.41, 5.74) is 3.04. The third kappa shape index (κ3) is 3.53. The van der Waals surface area contributed by atoms with Crippen molar-refractivity contribution < 1.29 is 17.9 Å². The Labute approximate surface area is 153 Å². The number of hydrogen-bond donors (Lipinski definition) is 1. The number of amides is 1. The van der Waals surface area contributed by atoms with E-state index in [-0.39, 0.29) is 10.8 Å². The molecule has 0 atom stereocenters. The molecule has 2 aromatic carbocycles. The number of carbonyl (C=O) groups excluding carboxylic acids is 1. The first-order valence-corrected chi connectivity index (χ1v) is 9.88. The van der Waals surface area contributed by atoms with E-state index in [1.807, 2.05) is 13.8 Å². The number of nitrogens with one attached hydrogen (secondary N) is 1. The van der Waals surface area contributed by atoms with Gasteiger partial charge in [0.2, 0.25) is 5.91 Å². The Morgan fingerprint density at radius 1 is 1.08 bits per heavy atom. The van der Waals surface area contributed by atoms with E-state index in [2.05, 4.69) is 4.72 Å². The zero-order valence-corrected chi connectivity index (χ0v) is 15.9. The van der Waals surface area contributed by atoms with Crippen LogP contribution < -0.4 is 14.4 Å². The number of aryl methyl sites for hydroxylation is 2. The van der Waals surface area contributed by atoms with Gasteiger partial charge in [0.1, 0.15) is 10.6 Å². The van der Waals surface area contributed by atoms with Crippen molar-refractivity contribution in [3.8, 4) is 5.75 Å². The minimum atomic E-state index is -3.79. The number of rotatable bonds is 5. The lowest BCUT2D eigenvalue weighted by Gasteiger charge is -2.17. The summed E-state index contributed by atoms with van der Waals surface area (Å²) in [7, 11) is -2.34. The molecule has 1 N–H and O–H groups in total. The zero-order chi connectivity index (χ0) is 18.9. The molecule has 0 bridgehead atoms. The van der Waals surface area contributed by atoms with Crippen LogP contribution in [0, 0.1) is 13.8 Å². The van der Waals surface area contributed by atoms with Crippen molar-refractivity contribution in [3.05, 3.63) is 47.5 Å². The Hall–Kier alpha value is -2.54. The number of benzene rings is 2. The van der Waals surface area contributed by atoms with Crippen LogP contribution in [-0.4, -0.2) is 28.0 Å². The quantitative estimate of drug-likeness (QED) is 0.872. The summed E-state index contributed by atoms with van der Waals surface area (Å²) in [6.45, 7) is 4.46. The van der Waals surface area contributed by atoms with Crippen molar-refractivity contribution in [2.45, 2.75) is 31.6 Å². The van der Waals surface area contributed by atoms with Gasteiger partial charge in [0.05, 0.1) is 7.11 Å². The number of carbonyl (C=O) groups is 1. The van der Waals surface area contributed by atoms with Crippen molar-refractivity contribution >= 4 is 27.3 Å². The van der Waals surface area contributed by atoms with Gasteiger partial charge in [-0.1, -0.05) is 0 Å². The van der Waals surface area contributed by atoms with Crippen LogP contribution in [0.3, 0.4) is 0 Å². The molecule has 7 heteroatoms. The van der Waals surface area contributed by atoms with Gasteiger partial charge in [-0.05, 0) is 67.8 Å². The minimum absolute atomic E-state index is 0.0956. The highest BCUT2D eigenvalue weighted by Gasteiger charge is 2.23. The van der Waals surface area contributed by atoms with Crippen molar-refractivity contribution in [1.82, 2.24) is 0 Å². The summed E-state index contributed by atoms with van der Waals surface area (Å²) in [5, 5.41) is 0. The second-order valence-electron chi connectivity index (χ2n) is 6.39. The molecule has 2 aromatic rings. The SMILES string of the molecule is COc1cc(C)c(C)cc1S(=O)(=O)Nc1ccc(N2CCCC2=O)cc1. The average molecular weight is 374 g/mol. The lowest BCUT2D eigenvalue weighted by molar-refractivity contribution is -0.117. The first-order chi connectivity index (χ1) is 12.3. The number of sulfonamides is 1. The third-order valence-electron chi connectivity index (χ3n) is 4.57. The second kappa shape index (κ2) is 6.99. The maximum absolute atomic E-state index is 12.8. The van der Waals surface area contributed by atoms with E-state index in [1.54, 1.807) is 41.3 Å². The van der Waals surface area contributed by atoms with Crippen LogP contribution in [-0.2, 0) is 14.8 Å². The van der Waals surface area contributed by atoms with Crippen LogP contribution in [0.25, 0.3) is 0 Å². The topological polar surface area (TPSA) is 75.7 Å². The average Bonchev–Trinajstić information content (AvgIpc) is 3.03. The van der Waals surface area contributed by atoms with Crippen LogP contribution >= 0.6 is 0 Å². The molecule has 0 aromatic heterocycles. The Balaban J connectivity index is 1.86. The third-order valence-corrected chi connectivity index (χ3v) is 5.98. The van der Waals surface area contributed by atoms with Crippen LogP contribution in [0.2, 0.25) is 0 Å². The Bertz CT molecular complexity index is 937. The van der Waals surface area contributed by atoms with Gasteiger partial charge in [-0.25, -0.2) is 8.42 Å². The molecule has 1 aliphatic heterocycles. The molecule has 0 unspecified atom stereocenters. The van der Waals surface area contributed by atoms with Crippen LogP contribution in [0.15, 0.2) is 41.3 Å². The highest BCUT2D eigenvalue weighted by atomic mass is 32.2. The fourth-order valence-corrected chi connectivity index (χ4v) is 4.27. The van der Waals surface area contributed by atoms with E-state index in [1.165, 1.54) is 7.11 Å². The van der Waals surface area contributed by atoms with Crippen molar-refractivity contribution in [1.29, 1.82) is 0 Å². The molecule has 0 saturated carbocycles. The van der Waals surface area contributed by atoms with Gasteiger partial charge < -0.3 is 9.64 Å². The van der Waals surface area contributed by atoms with E-state index < -0.39 is 10.0 Å². The van der Waals surface area contributed by atoms with Crippen LogP contribution in [0.4, 0.5) is 11.4 Å². The molecule has 138 valence electrons. The minimum Gasteiger partial charge on any atom is -0.495 e.